The maximum atomic E-state index is 12.0. The number of carbonyl (C=O) groups excluding carboxylic acids is 1. The van der Waals surface area contributed by atoms with Crippen molar-refractivity contribution in [2.75, 3.05) is 12.4 Å². The molecule has 0 radical (unpaired) electrons. The smallest absolute Gasteiger partial charge is 0.337 e. The molecule has 0 aliphatic heterocycles. The molecule has 1 aliphatic rings. The fourth-order valence-electron chi connectivity index (χ4n) is 2.45. The summed E-state index contributed by atoms with van der Waals surface area (Å²) < 4.78 is 5.33. The first-order valence-electron chi connectivity index (χ1n) is 7.41. The molecule has 0 heterocycles. The van der Waals surface area contributed by atoms with Gasteiger partial charge in [-0.2, -0.15) is 0 Å². The fourth-order valence-corrected chi connectivity index (χ4v) is 2.45. The normalized spacial score (nSPS) is 13.4. The predicted molar refractivity (Wildman–Crippen MR) is 86.7 cm³/mol. The highest BCUT2D eigenvalue weighted by molar-refractivity contribution is 6.03. The first kappa shape index (κ1) is 15.1. The second kappa shape index (κ2) is 6.12. The van der Waals surface area contributed by atoms with Crippen LogP contribution < -0.4 is 10.1 Å². The molecule has 23 heavy (non-hydrogen) atoms. The van der Waals surface area contributed by atoms with Gasteiger partial charge in [-0.25, -0.2) is 4.79 Å². The highest BCUT2D eigenvalue weighted by Gasteiger charge is 2.30. The Bertz CT molecular complexity index is 751. The summed E-state index contributed by atoms with van der Waals surface area (Å²) in [5, 5.41) is 12.1. The number of hydrogen-bond acceptors (Lipinski definition) is 3. The quantitative estimate of drug-likeness (QED) is 0.887. The van der Waals surface area contributed by atoms with Crippen LogP contribution >= 0.6 is 0 Å². The van der Waals surface area contributed by atoms with Crippen LogP contribution in [0.15, 0.2) is 42.5 Å². The van der Waals surface area contributed by atoms with E-state index in [1.807, 2.05) is 30.3 Å². The van der Waals surface area contributed by atoms with E-state index in [9.17, 15) is 14.7 Å². The van der Waals surface area contributed by atoms with E-state index in [0.717, 1.165) is 24.0 Å². The lowest BCUT2D eigenvalue weighted by Crippen LogP contribution is -2.16. The van der Waals surface area contributed by atoms with Crippen molar-refractivity contribution >= 4 is 17.6 Å². The zero-order chi connectivity index (χ0) is 16.4. The first-order chi connectivity index (χ1) is 11.1. The van der Waals surface area contributed by atoms with Crippen LogP contribution in [0, 0.1) is 5.92 Å². The molecule has 1 fully saturated rings. The Hall–Kier alpha value is -2.82. The average molecular weight is 311 g/mol. The van der Waals surface area contributed by atoms with E-state index >= 15 is 0 Å². The molecule has 0 saturated heterocycles. The third kappa shape index (κ3) is 3.18. The van der Waals surface area contributed by atoms with Crippen molar-refractivity contribution in [2.45, 2.75) is 12.8 Å². The topological polar surface area (TPSA) is 75.6 Å². The Morgan fingerprint density at radius 3 is 2.43 bits per heavy atom. The molecule has 2 N–H and O–H groups in total. The average Bonchev–Trinajstić information content (AvgIpc) is 3.40. The molecule has 118 valence electrons. The van der Waals surface area contributed by atoms with E-state index < -0.39 is 5.97 Å². The maximum absolute atomic E-state index is 12.0. The molecule has 1 saturated carbocycles. The van der Waals surface area contributed by atoms with Crippen molar-refractivity contribution in [3.05, 3.63) is 48.0 Å². The predicted octanol–water partition coefficient (Wildman–Crippen LogP) is 3.41. The van der Waals surface area contributed by atoms with Gasteiger partial charge in [0.2, 0.25) is 5.91 Å². The number of hydrogen-bond donors (Lipinski definition) is 2. The van der Waals surface area contributed by atoms with Gasteiger partial charge in [0, 0.05) is 11.5 Å². The van der Waals surface area contributed by atoms with Gasteiger partial charge in [-0.3, -0.25) is 4.79 Å². The number of carboxylic acid groups (broad SMARTS) is 1. The SMILES string of the molecule is COc1cc(C(=O)O)c(NC(=O)C2CC2)cc1-c1ccccc1. The maximum Gasteiger partial charge on any atom is 0.337 e. The molecule has 2 aromatic carbocycles. The number of methoxy groups -OCH3 is 1. The van der Waals surface area contributed by atoms with E-state index in [0.29, 0.717) is 11.4 Å². The molecular formula is C18H17NO4. The number of nitrogens with one attached hydrogen (secondary N) is 1. The van der Waals surface area contributed by atoms with Crippen molar-refractivity contribution in [1.82, 2.24) is 0 Å². The van der Waals surface area contributed by atoms with E-state index in [2.05, 4.69) is 5.32 Å². The Labute approximate surface area is 133 Å². The summed E-state index contributed by atoms with van der Waals surface area (Å²) in [5.41, 5.74) is 1.96. The number of benzene rings is 2. The van der Waals surface area contributed by atoms with Crippen LogP contribution in [-0.4, -0.2) is 24.1 Å². The molecule has 0 atom stereocenters. The molecule has 3 rings (SSSR count). The molecule has 5 heteroatoms. The van der Waals surface area contributed by atoms with Crippen molar-refractivity contribution in [2.24, 2.45) is 5.92 Å². The number of amides is 1. The van der Waals surface area contributed by atoms with E-state index in [4.69, 9.17) is 4.74 Å². The lowest BCUT2D eigenvalue weighted by atomic mass is 10.0. The monoisotopic (exact) mass is 311 g/mol. The van der Waals surface area contributed by atoms with Crippen molar-refractivity contribution in [1.29, 1.82) is 0 Å². The fraction of sp³-hybridized carbons (Fsp3) is 0.222. The van der Waals surface area contributed by atoms with Gasteiger partial charge >= 0.3 is 5.97 Å². The Kier molecular flexibility index (Phi) is 4.02. The summed E-state index contributed by atoms with van der Waals surface area (Å²) in [4.78, 5) is 23.5. The number of anilines is 1. The van der Waals surface area contributed by atoms with Crippen molar-refractivity contribution in [3.8, 4) is 16.9 Å². The van der Waals surface area contributed by atoms with E-state index in [-0.39, 0.29) is 17.4 Å². The Morgan fingerprint density at radius 1 is 1.17 bits per heavy atom. The molecule has 1 amide bonds. The van der Waals surface area contributed by atoms with Crippen LogP contribution in [-0.2, 0) is 4.79 Å². The minimum Gasteiger partial charge on any atom is -0.496 e. The molecule has 0 aromatic heterocycles. The third-order valence-corrected chi connectivity index (χ3v) is 3.86. The van der Waals surface area contributed by atoms with Gasteiger partial charge in [0.05, 0.1) is 18.4 Å². The summed E-state index contributed by atoms with van der Waals surface area (Å²) in [5.74, 6) is -0.775. The Morgan fingerprint density at radius 2 is 1.87 bits per heavy atom. The number of aromatic carboxylic acids is 1. The third-order valence-electron chi connectivity index (χ3n) is 3.86. The lowest BCUT2D eigenvalue weighted by molar-refractivity contribution is -0.117. The molecule has 2 aromatic rings. The van der Waals surface area contributed by atoms with Crippen LogP contribution in [0.3, 0.4) is 0 Å². The Balaban J connectivity index is 2.08. The van der Waals surface area contributed by atoms with Crippen LogP contribution in [0.4, 0.5) is 5.69 Å². The van der Waals surface area contributed by atoms with Crippen LogP contribution in [0.5, 0.6) is 5.75 Å². The summed E-state index contributed by atoms with van der Waals surface area (Å²) in [6.45, 7) is 0. The highest BCUT2D eigenvalue weighted by atomic mass is 16.5. The van der Waals surface area contributed by atoms with Gasteiger partial charge in [0.15, 0.2) is 0 Å². The van der Waals surface area contributed by atoms with Crippen LogP contribution in [0.25, 0.3) is 11.1 Å². The number of rotatable bonds is 5. The van der Waals surface area contributed by atoms with Gasteiger partial charge in [0.25, 0.3) is 0 Å². The largest absolute Gasteiger partial charge is 0.496 e. The second-order valence-electron chi connectivity index (χ2n) is 5.53. The van der Waals surface area contributed by atoms with Gasteiger partial charge in [-0.15, -0.1) is 0 Å². The molecule has 5 nitrogen and oxygen atoms in total. The summed E-state index contributed by atoms with van der Waals surface area (Å²) in [7, 11) is 1.50. The molecular weight excluding hydrogens is 294 g/mol. The van der Waals surface area contributed by atoms with Gasteiger partial charge < -0.3 is 15.2 Å². The number of carbonyl (C=O) groups is 2. The highest BCUT2D eigenvalue weighted by Crippen LogP contribution is 2.36. The molecule has 1 aliphatic carbocycles. The zero-order valence-corrected chi connectivity index (χ0v) is 12.7. The van der Waals surface area contributed by atoms with E-state index in [1.54, 1.807) is 6.07 Å². The number of ether oxygens (including phenoxy) is 1. The zero-order valence-electron chi connectivity index (χ0n) is 12.7. The van der Waals surface area contributed by atoms with Gasteiger partial charge in [0.1, 0.15) is 5.75 Å². The molecule has 0 unspecified atom stereocenters. The molecule has 0 bridgehead atoms. The standard InChI is InChI=1S/C18H17NO4/c1-23-16-10-14(18(21)22)15(19-17(20)12-7-8-12)9-13(16)11-5-3-2-4-6-11/h2-6,9-10,12H,7-8H2,1H3,(H,19,20)(H,21,22). The summed E-state index contributed by atoms with van der Waals surface area (Å²) in [6.07, 6.45) is 1.71. The van der Waals surface area contributed by atoms with Crippen LogP contribution in [0.1, 0.15) is 23.2 Å². The first-order valence-corrected chi connectivity index (χ1v) is 7.41. The summed E-state index contributed by atoms with van der Waals surface area (Å²) in [6, 6.07) is 12.6. The van der Waals surface area contributed by atoms with Crippen molar-refractivity contribution < 1.29 is 19.4 Å². The van der Waals surface area contributed by atoms with Gasteiger partial charge in [-0.05, 0) is 30.5 Å². The van der Waals surface area contributed by atoms with Crippen molar-refractivity contribution in [3.63, 3.8) is 0 Å². The lowest BCUT2D eigenvalue weighted by Gasteiger charge is -2.15. The van der Waals surface area contributed by atoms with E-state index in [1.165, 1.54) is 13.2 Å². The second-order valence-corrected chi connectivity index (χ2v) is 5.53. The summed E-state index contributed by atoms with van der Waals surface area (Å²) >= 11 is 0. The minimum atomic E-state index is -1.10. The van der Waals surface area contributed by atoms with Crippen LogP contribution in [0.2, 0.25) is 0 Å². The van der Waals surface area contributed by atoms with Gasteiger partial charge in [-0.1, -0.05) is 30.3 Å². The number of carboxylic acids is 1. The molecule has 0 spiro atoms. The minimum absolute atomic E-state index is 0.000998.